The summed E-state index contributed by atoms with van der Waals surface area (Å²) in [5.41, 5.74) is 1.20. The predicted octanol–water partition coefficient (Wildman–Crippen LogP) is 0.601. The van der Waals surface area contributed by atoms with E-state index in [0.29, 0.717) is 11.3 Å². The lowest BCUT2D eigenvalue weighted by Crippen LogP contribution is -1.92. The lowest BCUT2D eigenvalue weighted by molar-refractivity contribution is 0.941. The highest BCUT2D eigenvalue weighted by Gasteiger charge is 1.97. The van der Waals surface area contributed by atoms with Gasteiger partial charge in [0, 0.05) is 0 Å². The Morgan fingerprint density at radius 1 is 1.45 bits per heavy atom. The van der Waals surface area contributed by atoms with Crippen LogP contribution in [0.2, 0.25) is 0 Å². The molecule has 0 spiro atoms. The SMILES string of the molecule is N#Cc1cccc2ncnn12. The van der Waals surface area contributed by atoms with Crippen LogP contribution < -0.4 is 0 Å². The van der Waals surface area contributed by atoms with Crippen molar-refractivity contribution in [3.63, 3.8) is 0 Å². The highest BCUT2D eigenvalue weighted by Crippen LogP contribution is 2.00. The minimum atomic E-state index is 0.500. The van der Waals surface area contributed by atoms with Gasteiger partial charge < -0.3 is 0 Å². The fraction of sp³-hybridized carbons (Fsp3) is 0. The molecule has 0 aromatic carbocycles. The number of pyridine rings is 1. The van der Waals surface area contributed by atoms with Crippen molar-refractivity contribution in [2.45, 2.75) is 0 Å². The third-order valence-corrected chi connectivity index (χ3v) is 1.42. The van der Waals surface area contributed by atoms with E-state index in [1.807, 2.05) is 6.07 Å². The first-order valence-electron chi connectivity index (χ1n) is 3.10. The summed E-state index contributed by atoms with van der Waals surface area (Å²) in [6, 6.07) is 7.29. The van der Waals surface area contributed by atoms with E-state index in [-0.39, 0.29) is 0 Å². The molecule has 0 aliphatic carbocycles. The number of nitriles is 1. The molecule has 0 bridgehead atoms. The largest absolute Gasteiger partial charge is 0.215 e. The summed E-state index contributed by atoms with van der Waals surface area (Å²) in [6.07, 6.45) is 1.43. The van der Waals surface area contributed by atoms with Gasteiger partial charge in [0.2, 0.25) is 0 Å². The molecule has 4 heteroatoms. The molecular weight excluding hydrogens is 140 g/mol. The highest BCUT2D eigenvalue weighted by atomic mass is 15.3. The van der Waals surface area contributed by atoms with Crippen molar-refractivity contribution >= 4 is 5.65 Å². The summed E-state index contributed by atoms with van der Waals surface area (Å²) >= 11 is 0. The standard InChI is InChI=1S/C7H4N4/c8-4-6-2-1-3-7-9-5-10-11(6)7/h1-3,5H. The zero-order valence-electron chi connectivity index (χ0n) is 5.60. The van der Waals surface area contributed by atoms with Crippen molar-refractivity contribution in [3.8, 4) is 6.07 Å². The van der Waals surface area contributed by atoms with Gasteiger partial charge in [-0.2, -0.15) is 10.4 Å². The van der Waals surface area contributed by atoms with Gasteiger partial charge in [-0.05, 0) is 12.1 Å². The number of rotatable bonds is 0. The maximum atomic E-state index is 8.62. The van der Waals surface area contributed by atoms with Crippen LogP contribution in [0.15, 0.2) is 24.5 Å². The Balaban J connectivity index is 2.92. The van der Waals surface area contributed by atoms with E-state index in [0.717, 1.165) is 0 Å². The minimum Gasteiger partial charge on any atom is -0.215 e. The van der Waals surface area contributed by atoms with Crippen LogP contribution in [0.4, 0.5) is 0 Å². The molecule has 2 heterocycles. The number of hydrogen-bond donors (Lipinski definition) is 0. The molecule has 0 amide bonds. The average molecular weight is 144 g/mol. The predicted molar refractivity (Wildman–Crippen MR) is 37.7 cm³/mol. The minimum absolute atomic E-state index is 0.500. The third kappa shape index (κ3) is 0.749. The van der Waals surface area contributed by atoms with Gasteiger partial charge in [-0.3, -0.25) is 0 Å². The second-order valence-electron chi connectivity index (χ2n) is 2.05. The number of nitrogens with zero attached hydrogens (tertiary/aromatic N) is 4. The summed E-state index contributed by atoms with van der Waals surface area (Å²) in [4.78, 5) is 3.93. The molecule has 0 radical (unpaired) electrons. The Hall–Kier alpha value is -1.89. The zero-order chi connectivity index (χ0) is 7.68. The van der Waals surface area contributed by atoms with Crippen molar-refractivity contribution in [1.29, 1.82) is 5.26 Å². The van der Waals surface area contributed by atoms with Crippen LogP contribution in [-0.2, 0) is 0 Å². The van der Waals surface area contributed by atoms with E-state index in [1.165, 1.54) is 10.8 Å². The average Bonchev–Trinajstić information content (AvgIpc) is 2.50. The Morgan fingerprint density at radius 3 is 3.18 bits per heavy atom. The molecule has 2 aromatic heterocycles. The second-order valence-corrected chi connectivity index (χ2v) is 2.05. The van der Waals surface area contributed by atoms with Gasteiger partial charge in [-0.15, -0.1) is 0 Å². The Labute approximate surface area is 62.7 Å². The van der Waals surface area contributed by atoms with E-state index < -0.39 is 0 Å². The lowest BCUT2D eigenvalue weighted by Gasteiger charge is -1.91. The van der Waals surface area contributed by atoms with Gasteiger partial charge in [-0.1, -0.05) is 6.07 Å². The van der Waals surface area contributed by atoms with Crippen LogP contribution in [0.1, 0.15) is 5.69 Å². The number of fused-ring (bicyclic) bond motifs is 1. The van der Waals surface area contributed by atoms with Gasteiger partial charge in [0.1, 0.15) is 18.1 Å². The van der Waals surface area contributed by atoms with Gasteiger partial charge >= 0.3 is 0 Å². The Kier molecular flexibility index (Phi) is 1.10. The summed E-state index contributed by atoms with van der Waals surface area (Å²) in [6.45, 7) is 0. The molecular formula is C7H4N4. The van der Waals surface area contributed by atoms with Crippen LogP contribution in [0.3, 0.4) is 0 Å². The maximum absolute atomic E-state index is 8.62. The molecule has 4 nitrogen and oxygen atoms in total. The van der Waals surface area contributed by atoms with Crippen molar-refractivity contribution in [2.24, 2.45) is 0 Å². The van der Waals surface area contributed by atoms with Gasteiger partial charge in [0.05, 0.1) is 0 Å². The quantitative estimate of drug-likeness (QED) is 0.544. The molecule has 0 unspecified atom stereocenters. The van der Waals surface area contributed by atoms with E-state index in [1.54, 1.807) is 18.2 Å². The van der Waals surface area contributed by atoms with Crippen LogP contribution in [-0.4, -0.2) is 14.6 Å². The van der Waals surface area contributed by atoms with Crippen LogP contribution in [0.25, 0.3) is 5.65 Å². The molecule has 0 saturated heterocycles. The molecule has 0 aliphatic heterocycles. The molecule has 2 rings (SSSR count). The first kappa shape index (κ1) is 5.86. The van der Waals surface area contributed by atoms with Crippen molar-refractivity contribution < 1.29 is 0 Å². The van der Waals surface area contributed by atoms with Crippen molar-refractivity contribution in [2.75, 3.05) is 0 Å². The molecule has 0 fully saturated rings. The van der Waals surface area contributed by atoms with Crippen LogP contribution >= 0.6 is 0 Å². The summed E-state index contributed by atoms with van der Waals surface area (Å²) in [5, 5.41) is 12.5. The van der Waals surface area contributed by atoms with Gasteiger partial charge in [-0.25, -0.2) is 9.50 Å². The van der Waals surface area contributed by atoms with E-state index in [4.69, 9.17) is 5.26 Å². The van der Waals surface area contributed by atoms with Crippen molar-refractivity contribution in [3.05, 3.63) is 30.2 Å². The van der Waals surface area contributed by atoms with Crippen molar-refractivity contribution in [1.82, 2.24) is 14.6 Å². The molecule has 0 saturated carbocycles. The highest BCUT2D eigenvalue weighted by molar-refractivity contribution is 5.40. The van der Waals surface area contributed by atoms with Crippen LogP contribution in [0.5, 0.6) is 0 Å². The van der Waals surface area contributed by atoms with Crippen LogP contribution in [0, 0.1) is 11.3 Å². The monoisotopic (exact) mass is 144 g/mol. The van der Waals surface area contributed by atoms with E-state index in [9.17, 15) is 0 Å². The summed E-state index contributed by atoms with van der Waals surface area (Å²) < 4.78 is 1.50. The molecule has 0 N–H and O–H groups in total. The maximum Gasteiger partial charge on any atom is 0.156 e. The first-order valence-corrected chi connectivity index (χ1v) is 3.10. The topological polar surface area (TPSA) is 54.0 Å². The molecule has 0 aliphatic rings. The van der Waals surface area contributed by atoms with E-state index >= 15 is 0 Å². The Bertz CT molecular complexity index is 423. The smallest absolute Gasteiger partial charge is 0.156 e. The normalized spacial score (nSPS) is 9.73. The number of hydrogen-bond acceptors (Lipinski definition) is 3. The van der Waals surface area contributed by atoms with Gasteiger partial charge in [0.25, 0.3) is 0 Å². The molecule has 0 atom stereocenters. The summed E-state index contributed by atoms with van der Waals surface area (Å²) in [7, 11) is 0. The Morgan fingerprint density at radius 2 is 2.36 bits per heavy atom. The summed E-state index contributed by atoms with van der Waals surface area (Å²) in [5.74, 6) is 0. The number of aromatic nitrogens is 3. The second kappa shape index (κ2) is 2.06. The fourth-order valence-corrected chi connectivity index (χ4v) is 0.930. The lowest BCUT2D eigenvalue weighted by atomic mass is 10.4. The first-order chi connectivity index (χ1) is 5.42. The molecule has 11 heavy (non-hydrogen) atoms. The van der Waals surface area contributed by atoms with Gasteiger partial charge in [0.15, 0.2) is 5.65 Å². The van der Waals surface area contributed by atoms with E-state index in [2.05, 4.69) is 10.1 Å². The third-order valence-electron chi connectivity index (χ3n) is 1.42. The zero-order valence-corrected chi connectivity index (χ0v) is 5.60. The fourth-order valence-electron chi connectivity index (χ4n) is 0.930. The molecule has 2 aromatic rings. The molecule has 52 valence electrons.